The second kappa shape index (κ2) is 10.7. The van der Waals surface area contributed by atoms with Gasteiger partial charge in [0, 0.05) is 5.56 Å². The minimum absolute atomic E-state index is 0.270. The third kappa shape index (κ3) is 4.88. The Balaban J connectivity index is 1.17. The van der Waals surface area contributed by atoms with Crippen molar-refractivity contribution in [3.05, 3.63) is 82.4 Å². The van der Waals surface area contributed by atoms with Gasteiger partial charge in [0.2, 0.25) is 0 Å². The summed E-state index contributed by atoms with van der Waals surface area (Å²) in [6.45, 7) is 0. The molecule has 6 aliphatic rings. The van der Waals surface area contributed by atoms with Gasteiger partial charge in [-0.25, -0.2) is 4.79 Å². The van der Waals surface area contributed by atoms with Crippen LogP contribution in [0.25, 0.3) is 10.8 Å². The Morgan fingerprint density at radius 2 is 1.20 bits per heavy atom. The van der Waals surface area contributed by atoms with Gasteiger partial charge < -0.3 is 4.74 Å². The molecular formula is C39H44O5S. The predicted octanol–water partition coefficient (Wildman–Crippen LogP) is 9.29. The number of rotatable bonds is 7. The maximum Gasteiger partial charge on any atom is 0.340 e. The van der Waals surface area contributed by atoms with Gasteiger partial charge in [0.1, 0.15) is 0 Å². The van der Waals surface area contributed by atoms with E-state index in [0.717, 1.165) is 46.6 Å². The minimum atomic E-state index is -4.74. The fraction of sp³-hybridized carbons (Fsp3) is 0.564. The SMILES string of the molecule is O=C(OC(c1ccc2ccccc2c1)S(=O)(=O)O)c1c(C2CC3CCC2C3)cc(C2CC3CCC2C3)cc1C1CC2CCC1C2. The van der Waals surface area contributed by atoms with E-state index in [0.29, 0.717) is 47.0 Å². The number of esters is 1. The molecule has 3 aromatic carbocycles. The summed E-state index contributed by atoms with van der Waals surface area (Å²) in [6, 6.07) is 17.6. The molecule has 0 aliphatic heterocycles. The maximum atomic E-state index is 14.7. The summed E-state index contributed by atoms with van der Waals surface area (Å²) in [5.41, 5.74) is 2.80. The summed E-state index contributed by atoms with van der Waals surface area (Å²) in [7, 11) is -4.74. The first-order chi connectivity index (χ1) is 21.8. The van der Waals surface area contributed by atoms with Gasteiger partial charge in [-0.3, -0.25) is 4.55 Å². The van der Waals surface area contributed by atoms with Gasteiger partial charge in [0.15, 0.2) is 0 Å². The van der Waals surface area contributed by atoms with E-state index in [1.54, 1.807) is 12.1 Å². The molecule has 0 radical (unpaired) electrons. The van der Waals surface area contributed by atoms with Crippen LogP contribution in [0.2, 0.25) is 0 Å². The first kappa shape index (κ1) is 28.5. The maximum absolute atomic E-state index is 14.7. The topological polar surface area (TPSA) is 80.7 Å². The predicted molar refractivity (Wildman–Crippen MR) is 175 cm³/mol. The normalized spacial score (nSPS) is 35.4. The number of hydrogen-bond donors (Lipinski definition) is 1. The van der Waals surface area contributed by atoms with E-state index in [1.807, 2.05) is 30.3 Å². The molecule has 1 N–H and O–H groups in total. The van der Waals surface area contributed by atoms with Crippen LogP contribution in [0.4, 0.5) is 0 Å². The van der Waals surface area contributed by atoms with E-state index < -0.39 is 21.5 Å². The van der Waals surface area contributed by atoms with Crippen molar-refractivity contribution in [2.24, 2.45) is 35.5 Å². The lowest BCUT2D eigenvalue weighted by atomic mass is 9.72. The van der Waals surface area contributed by atoms with Crippen LogP contribution in [0.3, 0.4) is 0 Å². The first-order valence-electron chi connectivity index (χ1n) is 17.6. The molecule has 0 heterocycles. The molecule has 10 unspecified atom stereocenters. The quantitative estimate of drug-likeness (QED) is 0.209. The van der Waals surface area contributed by atoms with Crippen LogP contribution in [-0.2, 0) is 14.9 Å². The van der Waals surface area contributed by atoms with Gasteiger partial charge in [-0.15, -0.1) is 0 Å². The smallest absolute Gasteiger partial charge is 0.340 e. The third-order valence-electron chi connectivity index (χ3n) is 13.4. The Kier molecular flexibility index (Phi) is 6.76. The largest absolute Gasteiger partial charge is 0.435 e. The van der Waals surface area contributed by atoms with Crippen molar-refractivity contribution in [2.45, 2.75) is 100 Å². The molecule has 0 amide bonds. The van der Waals surface area contributed by atoms with Crippen LogP contribution in [-0.4, -0.2) is 18.9 Å². The number of hydrogen-bond acceptors (Lipinski definition) is 4. The Hall–Kier alpha value is -2.70. The summed E-state index contributed by atoms with van der Waals surface area (Å²) in [5, 5.41) is 1.79. The van der Waals surface area contributed by atoms with E-state index in [4.69, 9.17) is 4.74 Å². The number of carbonyl (C=O) groups is 1. The van der Waals surface area contributed by atoms with E-state index in [9.17, 15) is 17.8 Å². The van der Waals surface area contributed by atoms with Crippen LogP contribution in [0.5, 0.6) is 0 Å². The highest BCUT2D eigenvalue weighted by molar-refractivity contribution is 7.85. The van der Waals surface area contributed by atoms with Crippen LogP contribution < -0.4 is 0 Å². The zero-order chi connectivity index (χ0) is 30.4. The molecule has 3 aromatic rings. The van der Waals surface area contributed by atoms with Gasteiger partial charge in [0.25, 0.3) is 5.44 Å². The summed E-state index contributed by atoms with van der Waals surface area (Å²) >= 11 is 0. The van der Waals surface area contributed by atoms with Crippen molar-refractivity contribution in [2.75, 3.05) is 0 Å². The van der Waals surface area contributed by atoms with Crippen LogP contribution >= 0.6 is 0 Å². The second-order valence-corrected chi connectivity index (χ2v) is 17.2. The summed E-state index contributed by atoms with van der Waals surface area (Å²) in [4.78, 5) is 14.7. The zero-order valence-electron chi connectivity index (χ0n) is 25.9. The number of fused-ring (bicyclic) bond motifs is 7. The van der Waals surface area contributed by atoms with Gasteiger partial charge >= 0.3 is 16.1 Å². The Labute approximate surface area is 266 Å². The molecule has 9 rings (SSSR count). The molecule has 0 aromatic heterocycles. The lowest BCUT2D eigenvalue weighted by Crippen LogP contribution is -2.25. The lowest BCUT2D eigenvalue weighted by Gasteiger charge is -2.32. The molecule has 6 aliphatic carbocycles. The number of benzene rings is 3. The summed E-state index contributed by atoms with van der Waals surface area (Å²) < 4.78 is 42.3. The van der Waals surface area contributed by atoms with E-state index in [-0.39, 0.29) is 5.56 Å². The minimum Gasteiger partial charge on any atom is -0.435 e. The Morgan fingerprint density at radius 3 is 1.69 bits per heavy atom. The van der Waals surface area contributed by atoms with Crippen molar-refractivity contribution in [3.8, 4) is 0 Å². The number of carbonyl (C=O) groups excluding carboxylic acids is 1. The van der Waals surface area contributed by atoms with Crippen LogP contribution in [0.1, 0.15) is 133 Å². The van der Waals surface area contributed by atoms with E-state index in [1.165, 1.54) is 69.8 Å². The molecule has 6 heteroatoms. The molecule has 5 nitrogen and oxygen atoms in total. The zero-order valence-corrected chi connectivity index (χ0v) is 26.8. The molecule has 0 saturated heterocycles. The molecule has 236 valence electrons. The highest BCUT2D eigenvalue weighted by Gasteiger charge is 2.47. The average molecular weight is 625 g/mol. The molecule has 6 bridgehead atoms. The van der Waals surface area contributed by atoms with Crippen molar-refractivity contribution >= 4 is 26.9 Å². The van der Waals surface area contributed by atoms with E-state index >= 15 is 0 Å². The highest BCUT2D eigenvalue weighted by Crippen LogP contribution is 2.59. The second-order valence-electron chi connectivity index (χ2n) is 15.8. The molecule has 6 fully saturated rings. The fourth-order valence-corrected chi connectivity index (χ4v) is 12.2. The third-order valence-corrected chi connectivity index (χ3v) is 14.3. The van der Waals surface area contributed by atoms with Gasteiger partial charge in [0.05, 0.1) is 5.56 Å². The Bertz CT molecular complexity index is 1730. The first-order valence-corrected chi connectivity index (χ1v) is 19.1. The van der Waals surface area contributed by atoms with Gasteiger partial charge in [-0.05, 0) is 145 Å². The van der Waals surface area contributed by atoms with Crippen molar-refractivity contribution in [1.29, 1.82) is 0 Å². The average Bonchev–Trinajstić information content (AvgIpc) is 3.90. The van der Waals surface area contributed by atoms with Crippen molar-refractivity contribution in [3.63, 3.8) is 0 Å². The standard InChI is InChI=1S/C39H44O5S/c40-38(44-39(45(41,42)43)30-12-11-25-3-1-2-4-26(25)19-30)37-35(33-17-23-6-9-28(33)14-23)20-31(32-16-22-5-8-27(32)13-22)21-36(37)34-18-24-7-10-29(34)15-24/h1-4,11-12,19-24,27-29,32-34,39H,5-10,13-18H2,(H,41,42,43). The lowest BCUT2D eigenvalue weighted by molar-refractivity contribution is 0.0423. The van der Waals surface area contributed by atoms with Crippen molar-refractivity contribution in [1.82, 2.24) is 0 Å². The summed E-state index contributed by atoms with van der Waals surface area (Å²) in [6.07, 6.45) is 14.9. The van der Waals surface area contributed by atoms with Crippen molar-refractivity contribution < 1.29 is 22.5 Å². The molecular weight excluding hydrogens is 580 g/mol. The van der Waals surface area contributed by atoms with E-state index in [2.05, 4.69) is 12.1 Å². The fourth-order valence-electron chi connectivity index (χ4n) is 11.5. The van der Waals surface area contributed by atoms with Crippen LogP contribution in [0, 0.1) is 35.5 Å². The molecule has 0 spiro atoms. The molecule has 10 atom stereocenters. The van der Waals surface area contributed by atoms with Gasteiger partial charge in [-0.1, -0.05) is 67.8 Å². The summed E-state index contributed by atoms with van der Waals surface area (Å²) in [5.74, 6) is 4.74. The Morgan fingerprint density at radius 1 is 0.667 bits per heavy atom. The number of ether oxygens (including phenoxy) is 1. The van der Waals surface area contributed by atoms with Gasteiger partial charge in [-0.2, -0.15) is 8.42 Å². The molecule has 6 saturated carbocycles. The molecule has 45 heavy (non-hydrogen) atoms. The highest BCUT2D eigenvalue weighted by atomic mass is 32.2. The monoisotopic (exact) mass is 624 g/mol. The van der Waals surface area contributed by atoms with Crippen LogP contribution in [0.15, 0.2) is 54.6 Å².